The van der Waals surface area contributed by atoms with Crippen LogP contribution in [0.5, 0.6) is 0 Å². The van der Waals surface area contributed by atoms with E-state index in [1.54, 1.807) is 0 Å². The van der Waals surface area contributed by atoms with Gasteiger partial charge in [-0.2, -0.15) is 0 Å². The summed E-state index contributed by atoms with van der Waals surface area (Å²) in [7, 11) is -4.92. The van der Waals surface area contributed by atoms with Crippen LogP contribution in [-0.2, 0) is 21.7 Å². The van der Waals surface area contributed by atoms with Crippen molar-refractivity contribution in [1.29, 1.82) is 0 Å². The third kappa shape index (κ3) is 6.46. The van der Waals surface area contributed by atoms with Gasteiger partial charge in [-0.3, -0.25) is 4.55 Å². The largest absolute Gasteiger partial charge is 0.726 e. The van der Waals surface area contributed by atoms with E-state index in [2.05, 4.69) is 17.5 Å². The first-order valence-electron chi connectivity index (χ1n) is 9.44. The highest BCUT2D eigenvalue weighted by atomic mass is 32.3. The fraction of sp³-hybridized carbons (Fsp3) is 0.238. The molecule has 2 aromatic heterocycles. The number of rotatable bonds is 4. The van der Waals surface area contributed by atoms with Crippen LogP contribution in [0.25, 0.3) is 22.1 Å². The van der Waals surface area contributed by atoms with Crippen LogP contribution in [0.15, 0.2) is 70.7 Å². The molecule has 3 heterocycles. The maximum atomic E-state index is 12.5. The molecule has 0 aliphatic carbocycles. The van der Waals surface area contributed by atoms with Gasteiger partial charge in [0, 0.05) is 47.9 Å². The van der Waals surface area contributed by atoms with Gasteiger partial charge in [0.2, 0.25) is 10.4 Å². The first-order valence-corrected chi connectivity index (χ1v) is 10.8. The van der Waals surface area contributed by atoms with Crippen LogP contribution < -0.4 is 15.1 Å². The molecule has 0 spiro atoms. The Bertz CT molecular complexity index is 1210. The average Bonchev–Trinajstić information content (AvgIpc) is 2.73. The summed E-state index contributed by atoms with van der Waals surface area (Å²) >= 11 is 0. The standard InChI is InChI=1S/C21H21N2O3.H2O4S/c1-2-7-22-8-5-16(6-9-22)19-14-17-3-4-18(15-20(17)26-21(19)24)23-10-12-25-13-11-23;1-5(2,3)4/h2-6,8-9,14-15H,1,7,10-13H2;(H2,1,2,3,4)/q+1;/p-1. The number of benzene rings is 1. The van der Waals surface area contributed by atoms with Gasteiger partial charge < -0.3 is 18.6 Å². The Morgan fingerprint density at radius 3 is 2.42 bits per heavy atom. The zero-order valence-corrected chi connectivity index (χ0v) is 17.5. The Hall–Kier alpha value is -3.05. The minimum Gasteiger partial charge on any atom is -0.726 e. The van der Waals surface area contributed by atoms with Gasteiger partial charge in [0.25, 0.3) is 0 Å². The number of nitrogens with zero attached hydrogens (tertiary/aromatic N) is 2. The van der Waals surface area contributed by atoms with E-state index in [0.29, 0.717) is 11.1 Å². The summed E-state index contributed by atoms with van der Waals surface area (Å²) in [5.74, 6) is 0. The Labute approximate surface area is 179 Å². The third-order valence-electron chi connectivity index (χ3n) is 4.64. The highest BCUT2D eigenvalue weighted by molar-refractivity contribution is 7.79. The van der Waals surface area contributed by atoms with Crippen molar-refractivity contribution in [2.24, 2.45) is 0 Å². The molecule has 0 bridgehead atoms. The Balaban J connectivity index is 0.000000491. The molecule has 0 radical (unpaired) electrons. The number of morpholine rings is 1. The minimum absolute atomic E-state index is 0.321. The van der Waals surface area contributed by atoms with Gasteiger partial charge in [0.1, 0.15) is 5.58 Å². The highest BCUT2D eigenvalue weighted by Gasteiger charge is 2.14. The lowest BCUT2D eigenvalue weighted by Gasteiger charge is -2.28. The predicted molar refractivity (Wildman–Crippen MR) is 114 cm³/mol. The summed E-state index contributed by atoms with van der Waals surface area (Å²) in [6.07, 6.45) is 5.69. The first-order chi connectivity index (χ1) is 14.7. The van der Waals surface area contributed by atoms with Crippen molar-refractivity contribution in [3.05, 3.63) is 71.9 Å². The van der Waals surface area contributed by atoms with Crippen LogP contribution in [0.1, 0.15) is 0 Å². The summed E-state index contributed by atoms with van der Waals surface area (Å²) in [4.78, 5) is 14.8. The molecular formula is C21H22N2O7S. The third-order valence-corrected chi connectivity index (χ3v) is 4.64. The first kappa shape index (κ1) is 22.6. The normalized spacial score (nSPS) is 14.1. The molecule has 1 N–H and O–H groups in total. The van der Waals surface area contributed by atoms with Gasteiger partial charge >= 0.3 is 5.63 Å². The lowest BCUT2D eigenvalue weighted by molar-refractivity contribution is -0.686. The SMILES string of the molecule is C=CC[n+]1ccc(-c2cc3ccc(N4CCOCC4)cc3oc2=O)cc1.O=S(=O)([O-])O. The number of fused-ring (bicyclic) bond motifs is 1. The van der Waals surface area contributed by atoms with Gasteiger partial charge in [-0.05, 0) is 24.3 Å². The van der Waals surface area contributed by atoms with Crippen LogP contribution in [0, 0.1) is 0 Å². The number of ether oxygens (including phenoxy) is 1. The van der Waals surface area contributed by atoms with Gasteiger partial charge in [-0.15, -0.1) is 0 Å². The smallest absolute Gasteiger partial charge is 0.344 e. The summed E-state index contributed by atoms with van der Waals surface area (Å²) in [6.45, 7) is 7.61. The molecule has 10 heteroatoms. The molecule has 31 heavy (non-hydrogen) atoms. The summed E-state index contributed by atoms with van der Waals surface area (Å²) in [5.41, 5.74) is 2.76. The number of hydrogen-bond donors (Lipinski definition) is 1. The minimum atomic E-state index is -4.92. The van der Waals surface area contributed by atoms with E-state index >= 15 is 0 Å². The second-order valence-electron chi connectivity index (χ2n) is 6.77. The zero-order valence-electron chi connectivity index (χ0n) is 16.6. The van der Waals surface area contributed by atoms with Crippen LogP contribution in [-0.4, -0.2) is 43.8 Å². The van der Waals surface area contributed by atoms with Crippen molar-refractivity contribution in [2.75, 3.05) is 31.2 Å². The van der Waals surface area contributed by atoms with Gasteiger partial charge in [-0.25, -0.2) is 17.8 Å². The number of hydrogen-bond acceptors (Lipinski definition) is 7. The molecule has 164 valence electrons. The number of pyridine rings is 1. The zero-order chi connectivity index (χ0) is 22.4. The number of allylic oxidation sites excluding steroid dienone is 1. The predicted octanol–water partition coefficient (Wildman–Crippen LogP) is 1.77. The van der Waals surface area contributed by atoms with Crippen molar-refractivity contribution in [3.63, 3.8) is 0 Å². The Morgan fingerprint density at radius 2 is 1.81 bits per heavy atom. The van der Waals surface area contributed by atoms with Gasteiger partial charge in [0.15, 0.2) is 18.9 Å². The van der Waals surface area contributed by atoms with E-state index < -0.39 is 10.4 Å². The lowest BCUT2D eigenvalue weighted by atomic mass is 10.1. The summed E-state index contributed by atoms with van der Waals surface area (Å²) in [6, 6.07) is 11.8. The average molecular weight is 446 g/mol. The van der Waals surface area contributed by atoms with E-state index in [9.17, 15) is 4.79 Å². The van der Waals surface area contributed by atoms with Crippen LogP contribution in [0.3, 0.4) is 0 Å². The van der Waals surface area contributed by atoms with Crippen molar-refractivity contribution in [1.82, 2.24) is 0 Å². The second-order valence-corrected chi connectivity index (χ2v) is 7.62. The lowest BCUT2D eigenvalue weighted by Crippen LogP contribution is -2.36. The molecule has 1 aliphatic rings. The maximum absolute atomic E-state index is 12.5. The molecule has 9 nitrogen and oxygen atoms in total. The Morgan fingerprint density at radius 1 is 1.16 bits per heavy atom. The summed E-state index contributed by atoms with van der Waals surface area (Å²) in [5, 5.41) is 0.916. The molecule has 0 amide bonds. The summed E-state index contributed by atoms with van der Waals surface area (Å²) < 4.78 is 45.8. The Kier molecular flexibility index (Phi) is 7.18. The van der Waals surface area contributed by atoms with E-state index in [-0.39, 0.29) is 5.63 Å². The van der Waals surface area contributed by atoms with Crippen molar-refractivity contribution >= 4 is 27.1 Å². The van der Waals surface area contributed by atoms with Gasteiger partial charge in [0.05, 0.1) is 18.8 Å². The van der Waals surface area contributed by atoms with Crippen LogP contribution in [0.2, 0.25) is 0 Å². The molecule has 0 unspecified atom stereocenters. The molecule has 0 atom stereocenters. The number of aromatic nitrogens is 1. The van der Waals surface area contributed by atoms with E-state index in [0.717, 1.165) is 49.5 Å². The van der Waals surface area contributed by atoms with Crippen molar-refractivity contribution < 1.29 is 31.2 Å². The fourth-order valence-corrected chi connectivity index (χ4v) is 3.23. The molecule has 0 saturated carbocycles. The highest BCUT2D eigenvalue weighted by Crippen LogP contribution is 2.25. The van der Waals surface area contributed by atoms with E-state index in [4.69, 9.17) is 26.7 Å². The maximum Gasteiger partial charge on any atom is 0.344 e. The molecule has 3 aromatic rings. The molecule has 4 rings (SSSR count). The van der Waals surface area contributed by atoms with Crippen LogP contribution >= 0.6 is 0 Å². The van der Waals surface area contributed by atoms with E-state index in [1.807, 2.05) is 53.4 Å². The van der Waals surface area contributed by atoms with Crippen molar-refractivity contribution in [3.8, 4) is 11.1 Å². The molecule has 1 saturated heterocycles. The number of anilines is 1. The molecular weight excluding hydrogens is 424 g/mol. The monoisotopic (exact) mass is 446 g/mol. The van der Waals surface area contributed by atoms with E-state index in [1.165, 1.54) is 0 Å². The fourth-order valence-electron chi connectivity index (χ4n) is 3.23. The topological polar surface area (TPSA) is 124 Å². The van der Waals surface area contributed by atoms with Gasteiger partial charge in [-0.1, -0.05) is 6.58 Å². The second kappa shape index (κ2) is 9.84. The van der Waals surface area contributed by atoms with Crippen molar-refractivity contribution in [2.45, 2.75) is 6.54 Å². The van der Waals surface area contributed by atoms with Crippen LogP contribution in [0.4, 0.5) is 5.69 Å². The molecule has 1 aliphatic heterocycles. The molecule has 1 fully saturated rings. The quantitative estimate of drug-likeness (QED) is 0.211. The molecule has 1 aromatic carbocycles.